The number of rotatable bonds is 8. The number of fused-ring (bicyclic) bond motifs is 3. The molecule has 7 rings (SSSR count). The number of aromatic nitrogens is 4. The summed E-state index contributed by atoms with van der Waals surface area (Å²) in [5, 5.41) is 7.48. The summed E-state index contributed by atoms with van der Waals surface area (Å²) in [6.45, 7) is 13.3. The van der Waals surface area contributed by atoms with Crippen LogP contribution >= 0.6 is 0 Å². The quantitative estimate of drug-likeness (QED) is 0.116. The molecule has 3 aromatic heterocycles. The van der Waals surface area contributed by atoms with Crippen LogP contribution < -0.4 is 4.74 Å². The zero-order valence-electron chi connectivity index (χ0n) is 28.4. The van der Waals surface area contributed by atoms with Gasteiger partial charge in [-0.05, 0) is 65.7 Å². The van der Waals surface area contributed by atoms with Gasteiger partial charge in [-0.1, -0.05) is 89.0 Å². The van der Waals surface area contributed by atoms with Gasteiger partial charge in [-0.3, -0.25) is 4.68 Å². The molecule has 4 aromatic carbocycles. The first kappa shape index (κ1) is 33.4. The molecule has 5 nitrogen and oxygen atoms in total. The van der Waals surface area contributed by atoms with Gasteiger partial charge in [-0.2, -0.15) is 17.2 Å². The van der Waals surface area contributed by atoms with Crippen LogP contribution in [-0.2, 0) is 38.7 Å². The van der Waals surface area contributed by atoms with Crippen LogP contribution in [0.25, 0.3) is 44.4 Å². The second-order valence-corrected chi connectivity index (χ2v) is 13.3. The summed E-state index contributed by atoms with van der Waals surface area (Å²) in [6.07, 6.45) is 4.78. The van der Waals surface area contributed by atoms with Crippen LogP contribution in [0.5, 0.6) is 11.5 Å². The van der Waals surface area contributed by atoms with E-state index in [9.17, 15) is 0 Å². The predicted octanol–water partition coefficient (Wildman–Crippen LogP) is 10.5. The molecule has 48 heavy (non-hydrogen) atoms. The Kier molecular flexibility index (Phi) is 9.43. The molecule has 0 saturated carbocycles. The second kappa shape index (κ2) is 13.6. The van der Waals surface area contributed by atoms with Crippen LogP contribution in [0.1, 0.15) is 63.6 Å². The third kappa shape index (κ3) is 6.23. The van der Waals surface area contributed by atoms with Crippen LogP contribution in [-0.4, -0.2) is 19.3 Å². The number of hydrogen-bond acceptors (Lipinski definition) is 3. The van der Waals surface area contributed by atoms with E-state index in [1.807, 2.05) is 30.5 Å². The first-order chi connectivity index (χ1) is 22.7. The smallest absolute Gasteiger partial charge is 0.509 e. The summed E-state index contributed by atoms with van der Waals surface area (Å²) >= 11 is 0. The van der Waals surface area contributed by atoms with Crippen molar-refractivity contribution in [3.63, 3.8) is 0 Å². The monoisotopic (exact) mass is 722 g/mol. The minimum absolute atomic E-state index is 0. The fourth-order valence-corrected chi connectivity index (χ4v) is 6.50. The molecule has 0 atom stereocenters. The summed E-state index contributed by atoms with van der Waals surface area (Å²) < 4.78 is 10.7. The molecule has 244 valence electrons. The minimum atomic E-state index is -0.168. The van der Waals surface area contributed by atoms with Gasteiger partial charge in [0, 0.05) is 34.2 Å². The molecule has 3 heterocycles. The van der Waals surface area contributed by atoms with Gasteiger partial charge >= 0.3 is 20.4 Å². The van der Waals surface area contributed by atoms with E-state index >= 15 is 0 Å². The Morgan fingerprint density at radius 2 is 1.58 bits per heavy atom. The standard InChI is InChI=1S/C42H40N4O.Pd/c1-7-12-36-40(30-19-17-29(8-2)18-20-30)41(42(4,5)6)46(44-36)31-13-11-14-32(26-31)47-33-21-22-35-34-15-9-10-16-37(34)45(38(35)27-33)39-25-28(3)23-24-43-39;/h9-11,13-25H,7-8,12H2,1-6H3;/q-2;+2. The van der Waals surface area contributed by atoms with Crippen LogP contribution in [0.3, 0.4) is 0 Å². The Labute approximate surface area is 297 Å². The Balaban J connectivity index is 0.00000401. The third-order valence-electron chi connectivity index (χ3n) is 8.69. The van der Waals surface area contributed by atoms with E-state index in [1.165, 1.54) is 22.4 Å². The summed E-state index contributed by atoms with van der Waals surface area (Å²) in [7, 11) is 0. The number of pyridine rings is 1. The fourth-order valence-electron chi connectivity index (χ4n) is 6.50. The molecule has 0 N–H and O–H groups in total. The molecule has 0 aliphatic heterocycles. The zero-order valence-corrected chi connectivity index (χ0v) is 29.9. The summed E-state index contributed by atoms with van der Waals surface area (Å²) in [6, 6.07) is 38.7. The van der Waals surface area contributed by atoms with Gasteiger partial charge in [-0.15, -0.1) is 35.7 Å². The molecular formula is C42H40N4OPd. The summed E-state index contributed by atoms with van der Waals surface area (Å²) in [5.41, 5.74) is 9.87. The van der Waals surface area contributed by atoms with Gasteiger partial charge in [0.25, 0.3) is 0 Å². The molecule has 0 aliphatic rings. The van der Waals surface area contributed by atoms with Gasteiger partial charge in [0.05, 0.1) is 11.4 Å². The van der Waals surface area contributed by atoms with E-state index in [0.29, 0.717) is 11.5 Å². The number of nitrogens with zero attached hydrogens (tertiary/aromatic N) is 4. The molecule has 0 radical (unpaired) electrons. The van der Waals surface area contributed by atoms with Crippen LogP contribution in [0.2, 0.25) is 0 Å². The van der Waals surface area contributed by atoms with Gasteiger partial charge in [0.1, 0.15) is 5.82 Å². The fraction of sp³-hybridized carbons (Fsp3) is 0.238. The maximum Gasteiger partial charge on any atom is 2.00 e. The SMILES string of the molecule is CCCc1nn(-c2[c-]c(Oc3[c-]c4c(cc3)c3ccccc3n4-c3cc(C)ccn3)ccc2)c(C(C)(C)C)c1-c1ccc(CC)cc1.[Pd+2]. The van der Waals surface area contributed by atoms with E-state index in [1.54, 1.807) is 0 Å². The number of para-hydroxylation sites is 1. The Bertz CT molecular complexity index is 2220. The van der Waals surface area contributed by atoms with Gasteiger partial charge in [-0.25, -0.2) is 4.98 Å². The number of ether oxygens (including phenoxy) is 1. The van der Waals surface area contributed by atoms with Crippen molar-refractivity contribution in [3.05, 3.63) is 132 Å². The van der Waals surface area contributed by atoms with Crippen LogP contribution in [0.4, 0.5) is 0 Å². The van der Waals surface area contributed by atoms with Crippen molar-refractivity contribution in [3.8, 4) is 34.1 Å². The predicted molar refractivity (Wildman–Crippen MR) is 192 cm³/mol. The van der Waals surface area contributed by atoms with Crippen molar-refractivity contribution in [2.45, 2.75) is 66.2 Å². The van der Waals surface area contributed by atoms with Crippen molar-refractivity contribution in [1.29, 1.82) is 0 Å². The number of benzene rings is 4. The Morgan fingerprint density at radius 3 is 2.31 bits per heavy atom. The molecule has 0 unspecified atom stereocenters. The average molecular weight is 723 g/mol. The maximum absolute atomic E-state index is 6.49. The molecule has 6 heteroatoms. The van der Waals surface area contributed by atoms with Crippen molar-refractivity contribution in [2.24, 2.45) is 0 Å². The molecular weight excluding hydrogens is 683 g/mol. The summed E-state index contributed by atoms with van der Waals surface area (Å²) in [5.74, 6) is 2.08. The largest absolute Gasteiger partial charge is 2.00 e. The maximum atomic E-state index is 6.49. The van der Waals surface area contributed by atoms with E-state index in [-0.39, 0.29) is 25.8 Å². The van der Waals surface area contributed by atoms with Gasteiger partial charge in [0.2, 0.25) is 0 Å². The zero-order chi connectivity index (χ0) is 32.7. The minimum Gasteiger partial charge on any atom is -0.509 e. The van der Waals surface area contributed by atoms with E-state index in [0.717, 1.165) is 63.8 Å². The van der Waals surface area contributed by atoms with Crippen molar-refractivity contribution >= 4 is 21.8 Å². The van der Waals surface area contributed by atoms with Crippen molar-refractivity contribution in [1.82, 2.24) is 19.3 Å². The first-order valence-corrected chi connectivity index (χ1v) is 16.6. The van der Waals surface area contributed by atoms with E-state index in [4.69, 9.17) is 14.8 Å². The number of aryl methyl sites for hydroxylation is 3. The molecule has 0 amide bonds. The molecule has 0 saturated heterocycles. The molecule has 0 spiro atoms. The molecule has 0 bridgehead atoms. The van der Waals surface area contributed by atoms with Crippen molar-refractivity contribution < 1.29 is 25.2 Å². The Morgan fingerprint density at radius 1 is 0.812 bits per heavy atom. The molecule has 7 aromatic rings. The van der Waals surface area contributed by atoms with E-state index in [2.05, 4.69) is 130 Å². The second-order valence-electron chi connectivity index (χ2n) is 13.3. The van der Waals surface area contributed by atoms with Crippen molar-refractivity contribution in [2.75, 3.05) is 0 Å². The van der Waals surface area contributed by atoms with Crippen LogP contribution in [0.15, 0.2) is 97.2 Å². The van der Waals surface area contributed by atoms with E-state index < -0.39 is 0 Å². The van der Waals surface area contributed by atoms with Gasteiger partial charge in [0.15, 0.2) is 0 Å². The Hall–Kier alpha value is -4.50. The van der Waals surface area contributed by atoms with Crippen LogP contribution in [0, 0.1) is 19.1 Å². The summed E-state index contributed by atoms with van der Waals surface area (Å²) in [4.78, 5) is 4.71. The van der Waals surface area contributed by atoms with Gasteiger partial charge < -0.3 is 9.30 Å². The average Bonchev–Trinajstić information content (AvgIpc) is 3.61. The molecule has 0 aliphatic carbocycles. The normalized spacial score (nSPS) is 11.6. The first-order valence-electron chi connectivity index (χ1n) is 16.6. The third-order valence-corrected chi connectivity index (χ3v) is 8.69. The topological polar surface area (TPSA) is 44.9 Å². The molecule has 0 fully saturated rings. The number of hydrogen-bond donors (Lipinski definition) is 0.